The number of amides is 1. The zero-order chi connectivity index (χ0) is 23.7. The number of aromatic nitrogens is 2. The number of para-hydroxylation sites is 1. The molecule has 1 N–H and O–H groups in total. The maximum atomic E-state index is 13.6. The lowest BCUT2D eigenvalue weighted by atomic mass is 10.1. The van der Waals surface area contributed by atoms with E-state index in [1.807, 2.05) is 36.5 Å². The van der Waals surface area contributed by atoms with Crippen LogP contribution in [0.5, 0.6) is 11.5 Å². The Morgan fingerprint density at radius 1 is 1.12 bits per heavy atom. The predicted octanol–water partition coefficient (Wildman–Crippen LogP) is 5.17. The highest BCUT2D eigenvalue weighted by molar-refractivity contribution is 8.00. The van der Waals surface area contributed by atoms with Gasteiger partial charge in [0.1, 0.15) is 11.2 Å². The number of methoxy groups -OCH3 is 1. The van der Waals surface area contributed by atoms with Crippen LogP contribution >= 0.6 is 11.8 Å². The van der Waals surface area contributed by atoms with Crippen molar-refractivity contribution in [1.82, 2.24) is 14.7 Å². The van der Waals surface area contributed by atoms with Gasteiger partial charge in [-0.05, 0) is 54.1 Å². The molecule has 34 heavy (non-hydrogen) atoms. The van der Waals surface area contributed by atoms with Gasteiger partial charge in [-0.3, -0.25) is 4.79 Å². The van der Waals surface area contributed by atoms with Gasteiger partial charge in [-0.15, -0.1) is 11.8 Å². The second-order valence-corrected chi connectivity index (χ2v) is 8.97. The number of ether oxygens (including phenoxy) is 1. The summed E-state index contributed by atoms with van der Waals surface area (Å²) in [5, 5.41) is 14.5. The molecule has 0 saturated carbocycles. The summed E-state index contributed by atoms with van der Waals surface area (Å²) in [5.74, 6) is 0.461. The van der Waals surface area contributed by atoms with Crippen LogP contribution in [-0.2, 0) is 11.3 Å². The van der Waals surface area contributed by atoms with Crippen LogP contribution in [0.4, 0.5) is 4.39 Å². The third-order valence-electron chi connectivity index (χ3n) is 5.73. The van der Waals surface area contributed by atoms with Crippen molar-refractivity contribution < 1.29 is 19.0 Å². The maximum absolute atomic E-state index is 13.6. The topological polar surface area (TPSA) is 67.6 Å². The number of phenolic OH excluding ortho intramolecular Hbond substituents is 1. The van der Waals surface area contributed by atoms with Crippen molar-refractivity contribution in [2.75, 3.05) is 12.9 Å². The molecule has 2 heterocycles. The van der Waals surface area contributed by atoms with Crippen LogP contribution in [0, 0.1) is 5.82 Å². The molecule has 4 aromatic rings. The molecule has 6 nitrogen and oxygen atoms in total. The van der Waals surface area contributed by atoms with Crippen LogP contribution in [0.1, 0.15) is 16.5 Å². The molecule has 1 fully saturated rings. The van der Waals surface area contributed by atoms with E-state index in [0.717, 1.165) is 22.4 Å². The van der Waals surface area contributed by atoms with Gasteiger partial charge in [0.2, 0.25) is 5.91 Å². The van der Waals surface area contributed by atoms with Crippen LogP contribution in [-0.4, -0.2) is 38.6 Å². The van der Waals surface area contributed by atoms with Crippen LogP contribution in [0.2, 0.25) is 0 Å². The number of carbonyl (C=O) groups is 1. The zero-order valence-corrected chi connectivity index (χ0v) is 19.2. The summed E-state index contributed by atoms with van der Waals surface area (Å²) in [7, 11) is 1.50. The second-order valence-electron chi connectivity index (χ2n) is 7.91. The fourth-order valence-electron chi connectivity index (χ4n) is 4.02. The van der Waals surface area contributed by atoms with Crippen molar-refractivity contribution in [1.29, 1.82) is 0 Å². The summed E-state index contributed by atoms with van der Waals surface area (Å²) >= 11 is 1.53. The minimum Gasteiger partial charge on any atom is -0.504 e. The lowest BCUT2D eigenvalue weighted by molar-refractivity contribution is -0.128. The first-order valence-corrected chi connectivity index (χ1v) is 11.8. The van der Waals surface area contributed by atoms with Crippen molar-refractivity contribution in [3.63, 3.8) is 0 Å². The molecule has 0 bridgehead atoms. The lowest BCUT2D eigenvalue weighted by Gasteiger charge is -2.24. The van der Waals surface area contributed by atoms with E-state index in [0.29, 0.717) is 23.7 Å². The molecule has 0 aliphatic carbocycles. The van der Waals surface area contributed by atoms with Gasteiger partial charge < -0.3 is 14.7 Å². The Morgan fingerprint density at radius 3 is 2.62 bits per heavy atom. The van der Waals surface area contributed by atoms with Gasteiger partial charge in [-0.2, -0.15) is 5.10 Å². The van der Waals surface area contributed by atoms with Crippen molar-refractivity contribution in [2.45, 2.75) is 11.9 Å². The van der Waals surface area contributed by atoms with Crippen LogP contribution in [0.25, 0.3) is 16.9 Å². The Kier molecular flexibility index (Phi) is 5.98. The first-order valence-electron chi connectivity index (χ1n) is 10.7. The Labute approximate surface area is 200 Å². The van der Waals surface area contributed by atoms with E-state index >= 15 is 0 Å². The minimum absolute atomic E-state index is 0.0135. The quantitative estimate of drug-likeness (QED) is 0.417. The van der Waals surface area contributed by atoms with E-state index in [4.69, 9.17) is 9.84 Å². The molecule has 3 aromatic carbocycles. The molecule has 1 aliphatic rings. The molecule has 1 aliphatic heterocycles. The van der Waals surface area contributed by atoms with E-state index in [1.165, 1.54) is 31.0 Å². The number of phenols is 1. The number of halogens is 1. The summed E-state index contributed by atoms with van der Waals surface area (Å²) in [6.45, 7) is 0.333. The molecule has 5 rings (SSSR count). The van der Waals surface area contributed by atoms with Crippen molar-refractivity contribution >= 4 is 17.7 Å². The molecule has 8 heteroatoms. The van der Waals surface area contributed by atoms with E-state index in [-0.39, 0.29) is 22.8 Å². The van der Waals surface area contributed by atoms with Crippen molar-refractivity contribution in [3.8, 4) is 28.4 Å². The number of nitrogens with zero attached hydrogens (tertiary/aromatic N) is 3. The number of hydrogen-bond donors (Lipinski definition) is 1. The lowest BCUT2D eigenvalue weighted by Crippen LogP contribution is -2.27. The Hall–Kier alpha value is -3.78. The SMILES string of the molecule is COc1cc([C@@H]2SCC(=O)N2Cc2cn(-c3ccccc3)nc2-c2ccc(F)cc2)ccc1O. The number of rotatable bonds is 6. The van der Waals surface area contributed by atoms with E-state index in [2.05, 4.69) is 0 Å². The normalized spacial score (nSPS) is 15.6. The summed E-state index contributed by atoms with van der Waals surface area (Å²) in [6.07, 6.45) is 1.92. The highest BCUT2D eigenvalue weighted by atomic mass is 32.2. The summed E-state index contributed by atoms with van der Waals surface area (Å²) in [5.41, 5.74) is 4.06. The monoisotopic (exact) mass is 475 g/mol. The van der Waals surface area contributed by atoms with Gasteiger partial charge in [-0.25, -0.2) is 9.07 Å². The third kappa shape index (κ3) is 4.24. The molecule has 1 saturated heterocycles. The molecular formula is C26H22FN3O3S. The molecule has 0 radical (unpaired) electrons. The van der Waals surface area contributed by atoms with E-state index < -0.39 is 0 Å². The standard InChI is InChI=1S/C26H22FN3O3S/c1-33-23-13-18(9-12-22(23)31)26-29(24(32)16-34-26)14-19-15-30(21-5-3-2-4-6-21)28-25(19)17-7-10-20(27)11-8-17/h2-13,15,26,31H,14,16H2,1H3/t26-/m0/s1. The second kappa shape index (κ2) is 9.23. The van der Waals surface area contributed by atoms with Gasteiger partial charge in [0.25, 0.3) is 0 Å². The molecule has 1 amide bonds. The number of aromatic hydroxyl groups is 1. The highest BCUT2D eigenvalue weighted by Gasteiger charge is 2.34. The Balaban J connectivity index is 1.53. The third-order valence-corrected chi connectivity index (χ3v) is 6.98. The van der Waals surface area contributed by atoms with Crippen molar-refractivity contribution in [2.24, 2.45) is 0 Å². The van der Waals surface area contributed by atoms with Crippen LogP contribution in [0.15, 0.2) is 79.0 Å². The molecule has 1 atom stereocenters. The van der Waals surface area contributed by atoms with Gasteiger partial charge in [0, 0.05) is 17.3 Å². The molecule has 172 valence electrons. The molecular weight excluding hydrogens is 453 g/mol. The fraction of sp³-hybridized carbons (Fsp3) is 0.154. The molecule has 1 aromatic heterocycles. The minimum atomic E-state index is -0.319. The van der Waals surface area contributed by atoms with Gasteiger partial charge in [0.05, 0.1) is 30.8 Å². The summed E-state index contributed by atoms with van der Waals surface area (Å²) < 4.78 is 20.6. The van der Waals surface area contributed by atoms with Crippen LogP contribution in [0.3, 0.4) is 0 Å². The number of hydrogen-bond acceptors (Lipinski definition) is 5. The zero-order valence-electron chi connectivity index (χ0n) is 18.4. The summed E-state index contributed by atoms with van der Waals surface area (Å²) in [6, 6.07) is 21.0. The number of carbonyl (C=O) groups excluding carboxylic acids is 1. The molecule has 0 spiro atoms. The largest absolute Gasteiger partial charge is 0.504 e. The molecule has 0 unspecified atom stereocenters. The highest BCUT2D eigenvalue weighted by Crippen LogP contribution is 2.42. The van der Waals surface area contributed by atoms with Gasteiger partial charge in [0.15, 0.2) is 11.5 Å². The van der Waals surface area contributed by atoms with Gasteiger partial charge in [-0.1, -0.05) is 24.3 Å². The van der Waals surface area contributed by atoms with Crippen molar-refractivity contribution in [3.05, 3.63) is 95.9 Å². The first-order chi connectivity index (χ1) is 16.5. The average Bonchev–Trinajstić information content (AvgIpc) is 3.45. The average molecular weight is 476 g/mol. The Bertz CT molecular complexity index is 1330. The number of benzene rings is 3. The maximum Gasteiger partial charge on any atom is 0.234 e. The number of thioether (sulfide) groups is 1. The predicted molar refractivity (Wildman–Crippen MR) is 129 cm³/mol. The van der Waals surface area contributed by atoms with E-state index in [1.54, 1.807) is 39.9 Å². The van der Waals surface area contributed by atoms with Crippen LogP contribution < -0.4 is 4.74 Å². The first kappa shape index (κ1) is 22.0. The summed E-state index contributed by atoms with van der Waals surface area (Å²) in [4.78, 5) is 14.7. The Morgan fingerprint density at radius 2 is 1.88 bits per heavy atom. The van der Waals surface area contributed by atoms with E-state index in [9.17, 15) is 14.3 Å². The fourth-order valence-corrected chi connectivity index (χ4v) is 5.20. The van der Waals surface area contributed by atoms with Gasteiger partial charge >= 0.3 is 0 Å². The smallest absolute Gasteiger partial charge is 0.234 e.